The molecule has 1 unspecified atom stereocenters. The van der Waals surface area contributed by atoms with Crippen LogP contribution < -0.4 is 9.62 Å². The molecule has 0 bridgehead atoms. The van der Waals surface area contributed by atoms with Crippen LogP contribution >= 0.6 is 23.2 Å². The van der Waals surface area contributed by atoms with Crippen LogP contribution in [-0.4, -0.2) is 43.3 Å². The van der Waals surface area contributed by atoms with Gasteiger partial charge in [-0.05, 0) is 81.3 Å². The van der Waals surface area contributed by atoms with Gasteiger partial charge in [-0.25, -0.2) is 8.42 Å². The fourth-order valence-electron chi connectivity index (χ4n) is 5.05. The van der Waals surface area contributed by atoms with E-state index in [0.29, 0.717) is 21.5 Å². The van der Waals surface area contributed by atoms with Crippen molar-refractivity contribution in [1.29, 1.82) is 0 Å². The topological polar surface area (TPSA) is 86.8 Å². The van der Waals surface area contributed by atoms with E-state index in [1.165, 1.54) is 35.2 Å². The molecule has 4 aromatic rings. The number of carbonyl (C=O) groups is 2. The maximum absolute atomic E-state index is 14.6. The van der Waals surface area contributed by atoms with Gasteiger partial charge in [0.15, 0.2) is 0 Å². The van der Waals surface area contributed by atoms with Gasteiger partial charge in [0.05, 0.1) is 26.2 Å². The van der Waals surface area contributed by atoms with E-state index in [-0.39, 0.29) is 33.6 Å². The van der Waals surface area contributed by atoms with Crippen LogP contribution in [0.2, 0.25) is 10.0 Å². The van der Waals surface area contributed by atoms with Crippen LogP contribution in [0, 0.1) is 6.92 Å². The van der Waals surface area contributed by atoms with E-state index < -0.39 is 51.7 Å². The molecule has 260 valence electrons. The molecule has 0 aliphatic rings. The van der Waals surface area contributed by atoms with Crippen molar-refractivity contribution in [3.05, 3.63) is 129 Å². The Kier molecular flexibility index (Phi) is 11.7. The summed E-state index contributed by atoms with van der Waals surface area (Å²) in [6, 6.07) is 21.9. The number of halogens is 5. The molecule has 0 aromatic heterocycles. The Morgan fingerprint density at radius 1 is 0.816 bits per heavy atom. The van der Waals surface area contributed by atoms with Crippen molar-refractivity contribution in [2.75, 3.05) is 10.8 Å². The normalized spacial score (nSPS) is 12.7. The van der Waals surface area contributed by atoms with E-state index >= 15 is 0 Å². The molecule has 4 aromatic carbocycles. The molecule has 13 heteroatoms. The number of alkyl halides is 3. The summed E-state index contributed by atoms with van der Waals surface area (Å²) in [5.74, 6) is -1.36. The molecular weight excluding hydrogens is 698 g/mol. The Hall–Kier alpha value is -4.06. The number of carbonyl (C=O) groups excluding carboxylic acids is 2. The van der Waals surface area contributed by atoms with Crippen molar-refractivity contribution >= 4 is 50.7 Å². The van der Waals surface area contributed by atoms with Crippen molar-refractivity contribution < 1.29 is 31.2 Å². The zero-order valence-electron chi connectivity index (χ0n) is 27.3. The van der Waals surface area contributed by atoms with Crippen LogP contribution in [0.1, 0.15) is 43.0 Å². The van der Waals surface area contributed by atoms with Crippen molar-refractivity contribution in [2.45, 2.75) is 63.3 Å². The number of aryl methyl sites for hydroxylation is 1. The smallest absolute Gasteiger partial charge is 0.350 e. The summed E-state index contributed by atoms with van der Waals surface area (Å²) in [5.41, 5.74) is -0.231. The minimum Gasteiger partial charge on any atom is -0.350 e. The van der Waals surface area contributed by atoms with Gasteiger partial charge in [-0.15, -0.1) is 0 Å². The fraction of sp³-hybridized carbons (Fsp3) is 0.278. The largest absolute Gasteiger partial charge is 0.416 e. The van der Waals surface area contributed by atoms with E-state index in [4.69, 9.17) is 23.2 Å². The van der Waals surface area contributed by atoms with Gasteiger partial charge in [-0.2, -0.15) is 13.2 Å². The molecule has 1 N–H and O–H groups in total. The highest BCUT2D eigenvalue weighted by Crippen LogP contribution is 2.34. The van der Waals surface area contributed by atoms with Crippen LogP contribution in [0.15, 0.2) is 102 Å². The van der Waals surface area contributed by atoms with E-state index in [1.54, 1.807) is 76.2 Å². The number of anilines is 1. The minimum atomic E-state index is -4.79. The van der Waals surface area contributed by atoms with Crippen molar-refractivity contribution in [3.8, 4) is 0 Å². The van der Waals surface area contributed by atoms with Crippen LogP contribution in [0.4, 0.5) is 18.9 Å². The molecule has 49 heavy (non-hydrogen) atoms. The summed E-state index contributed by atoms with van der Waals surface area (Å²) in [4.78, 5) is 29.5. The van der Waals surface area contributed by atoms with Crippen LogP contribution in [0.5, 0.6) is 0 Å². The molecule has 7 nitrogen and oxygen atoms in total. The molecule has 4 rings (SSSR count). The van der Waals surface area contributed by atoms with Crippen molar-refractivity contribution in [3.63, 3.8) is 0 Å². The maximum Gasteiger partial charge on any atom is 0.416 e. The first-order valence-electron chi connectivity index (χ1n) is 15.2. The SMILES string of the molecule is Cc1ccc(S(=O)(=O)N(CC(=O)N(Cc2ccc(Cl)c(Cl)c2)C(Cc2ccccc2)C(=O)NC(C)(C)C)c2cccc(C(F)(F)F)c2)cc1. The third kappa shape index (κ3) is 9.99. The Labute approximate surface area is 294 Å². The number of sulfonamides is 1. The minimum absolute atomic E-state index is 0.0457. The highest BCUT2D eigenvalue weighted by molar-refractivity contribution is 7.92. The first kappa shape index (κ1) is 37.8. The second-order valence-electron chi connectivity index (χ2n) is 12.6. The monoisotopic (exact) mass is 733 g/mol. The quantitative estimate of drug-likeness (QED) is 0.169. The molecule has 0 saturated carbocycles. The Bertz CT molecular complexity index is 1900. The predicted octanol–water partition coefficient (Wildman–Crippen LogP) is 8.07. The van der Waals surface area contributed by atoms with Gasteiger partial charge in [0.2, 0.25) is 11.8 Å². The third-order valence-corrected chi connectivity index (χ3v) is 9.98. The number of benzene rings is 4. The summed E-state index contributed by atoms with van der Waals surface area (Å²) in [5, 5.41) is 3.37. The summed E-state index contributed by atoms with van der Waals surface area (Å²) >= 11 is 12.4. The lowest BCUT2D eigenvalue weighted by Crippen LogP contribution is -2.56. The van der Waals surface area contributed by atoms with Crippen LogP contribution in [-0.2, 0) is 38.8 Å². The summed E-state index contributed by atoms with van der Waals surface area (Å²) in [7, 11) is -4.60. The molecule has 0 aliphatic carbocycles. The van der Waals surface area contributed by atoms with Crippen molar-refractivity contribution in [2.24, 2.45) is 0 Å². The lowest BCUT2D eigenvalue weighted by atomic mass is 10.0. The first-order valence-corrected chi connectivity index (χ1v) is 17.4. The van der Waals surface area contributed by atoms with E-state index in [0.717, 1.165) is 17.7 Å². The zero-order chi connectivity index (χ0) is 36.1. The number of amides is 2. The Balaban J connectivity index is 1.87. The van der Waals surface area contributed by atoms with Gasteiger partial charge in [-0.3, -0.25) is 13.9 Å². The first-order chi connectivity index (χ1) is 22.8. The van der Waals surface area contributed by atoms with Gasteiger partial charge < -0.3 is 10.2 Å². The van der Waals surface area contributed by atoms with Crippen molar-refractivity contribution in [1.82, 2.24) is 10.2 Å². The lowest BCUT2D eigenvalue weighted by molar-refractivity contribution is -0.140. The molecular formula is C36H36Cl2F3N3O4S. The van der Waals surface area contributed by atoms with E-state index in [9.17, 15) is 31.2 Å². The van der Waals surface area contributed by atoms with Crippen LogP contribution in [0.3, 0.4) is 0 Å². The molecule has 2 amide bonds. The molecule has 0 spiro atoms. The fourth-order valence-corrected chi connectivity index (χ4v) is 6.77. The van der Waals surface area contributed by atoms with E-state index in [2.05, 4.69) is 5.32 Å². The summed E-state index contributed by atoms with van der Waals surface area (Å²) < 4.78 is 70.4. The van der Waals surface area contributed by atoms with Gasteiger partial charge >= 0.3 is 6.18 Å². The molecule has 0 saturated heterocycles. The highest BCUT2D eigenvalue weighted by Gasteiger charge is 2.37. The number of hydrogen-bond donors (Lipinski definition) is 1. The van der Waals surface area contributed by atoms with Gasteiger partial charge in [-0.1, -0.05) is 83.4 Å². The standard InChI is InChI=1S/C36H36Cl2F3N3O4S/c1-24-13-16-29(17-14-24)49(47,48)44(28-12-8-11-27(21-28)36(39,40)41)23-33(45)43(22-26-15-18-30(37)31(38)19-26)32(34(46)42-35(2,3)4)20-25-9-6-5-7-10-25/h5-19,21,32H,20,22-23H2,1-4H3,(H,42,46). The predicted molar refractivity (Wildman–Crippen MR) is 186 cm³/mol. The van der Waals surface area contributed by atoms with Gasteiger partial charge in [0.1, 0.15) is 12.6 Å². The van der Waals surface area contributed by atoms with E-state index in [1.807, 2.05) is 0 Å². The number of nitrogens with zero attached hydrogens (tertiary/aromatic N) is 2. The third-order valence-electron chi connectivity index (χ3n) is 7.46. The number of rotatable bonds is 11. The molecule has 0 aliphatic heterocycles. The lowest BCUT2D eigenvalue weighted by Gasteiger charge is -2.35. The molecule has 0 radical (unpaired) electrons. The summed E-state index contributed by atoms with van der Waals surface area (Å²) in [6.45, 7) is 5.96. The number of hydrogen-bond acceptors (Lipinski definition) is 4. The second-order valence-corrected chi connectivity index (χ2v) is 15.3. The average molecular weight is 735 g/mol. The average Bonchev–Trinajstić information content (AvgIpc) is 3.02. The second kappa shape index (κ2) is 15.2. The molecule has 1 atom stereocenters. The Morgan fingerprint density at radius 3 is 2.06 bits per heavy atom. The van der Waals surface area contributed by atoms with Crippen LogP contribution in [0.25, 0.3) is 0 Å². The number of nitrogens with one attached hydrogen (secondary N) is 1. The molecule has 0 heterocycles. The highest BCUT2D eigenvalue weighted by atomic mass is 35.5. The van der Waals surface area contributed by atoms with Gasteiger partial charge in [0.25, 0.3) is 10.0 Å². The Morgan fingerprint density at radius 2 is 1.47 bits per heavy atom. The van der Waals surface area contributed by atoms with Gasteiger partial charge in [0, 0.05) is 18.5 Å². The summed E-state index contributed by atoms with van der Waals surface area (Å²) in [6.07, 6.45) is -4.74. The molecule has 0 fully saturated rings. The maximum atomic E-state index is 14.6. The zero-order valence-corrected chi connectivity index (χ0v) is 29.6.